The Morgan fingerprint density at radius 2 is 1.79 bits per heavy atom. The van der Waals surface area contributed by atoms with E-state index in [1.54, 1.807) is 24.0 Å². The van der Waals surface area contributed by atoms with Gasteiger partial charge in [0, 0.05) is 57.3 Å². The molecule has 0 aliphatic carbocycles. The van der Waals surface area contributed by atoms with Crippen LogP contribution >= 0.6 is 0 Å². The zero-order valence-corrected chi connectivity index (χ0v) is 19.8. The number of morpholine rings is 1. The SMILES string of the molecule is CC(C(=O)Nc1cccc(S(=O)(=O)N2CCOCC2)c1)N1CCN(C(=O)c2cnccn2)CC1. The number of rotatable bonds is 6. The molecule has 2 fully saturated rings. The van der Waals surface area contributed by atoms with Gasteiger partial charge in [0.2, 0.25) is 15.9 Å². The standard InChI is InChI=1S/C22H28N6O5S/c1-17(26-7-9-27(10-8-26)22(30)20-16-23-5-6-24-20)21(29)25-18-3-2-4-19(15-18)34(31,32)28-11-13-33-14-12-28/h2-6,15-17H,7-14H2,1H3,(H,25,29). The lowest BCUT2D eigenvalue weighted by Crippen LogP contribution is -2.54. The lowest BCUT2D eigenvalue weighted by molar-refractivity contribution is -0.121. The summed E-state index contributed by atoms with van der Waals surface area (Å²) in [6.07, 6.45) is 4.44. The van der Waals surface area contributed by atoms with Crippen LogP contribution < -0.4 is 5.32 Å². The van der Waals surface area contributed by atoms with Crippen molar-refractivity contribution in [1.29, 1.82) is 0 Å². The van der Waals surface area contributed by atoms with Crippen molar-refractivity contribution >= 4 is 27.5 Å². The highest BCUT2D eigenvalue weighted by atomic mass is 32.2. The van der Waals surface area contributed by atoms with Gasteiger partial charge in [-0.15, -0.1) is 0 Å². The third-order valence-electron chi connectivity index (χ3n) is 6.02. The molecule has 11 nitrogen and oxygen atoms in total. The fraction of sp³-hybridized carbons (Fsp3) is 0.455. The molecule has 1 N–H and O–H groups in total. The number of sulfonamides is 1. The first kappa shape index (κ1) is 24.2. The Labute approximate surface area is 198 Å². The monoisotopic (exact) mass is 488 g/mol. The number of nitrogens with zero attached hydrogens (tertiary/aromatic N) is 5. The number of nitrogens with one attached hydrogen (secondary N) is 1. The van der Waals surface area contributed by atoms with E-state index in [9.17, 15) is 18.0 Å². The van der Waals surface area contributed by atoms with Gasteiger partial charge >= 0.3 is 0 Å². The third-order valence-corrected chi connectivity index (χ3v) is 7.91. The Balaban J connectivity index is 1.34. The topological polar surface area (TPSA) is 125 Å². The van der Waals surface area contributed by atoms with Crippen LogP contribution in [0.3, 0.4) is 0 Å². The van der Waals surface area contributed by atoms with Gasteiger partial charge in [-0.25, -0.2) is 13.4 Å². The summed E-state index contributed by atoms with van der Waals surface area (Å²) in [6.45, 7) is 5.15. The number of anilines is 1. The lowest BCUT2D eigenvalue weighted by Gasteiger charge is -2.37. The number of aromatic nitrogens is 2. The lowest BCUT2D eigenvalue weighted by atomic mass is 10.2. The Morgan fingerprint density at radius 1 is 1.06 bits per heavy atom. The van der Waals surface area contributed by atoms with Crippen LogP contribution in [0.4, 0.5) is 5.69 Å². The van der Waals surface area contributed by atoms with Crippen molar-refractivity contribution in [3.63, 3.8) is 0 Å². The molecule has 12 heteroatoms. The van der Waals surface area contributed by atoms with E-state index in [2.05, 4.69) is 15.3 Å². The van der Waals surface area contributed by atoms with Crippen molar-refractivity contribution in [1.82, 2.24) is 24.1 Å². The first-order valence-corrected chi connectivity index (χ1v) is 12.6. The summed E-state index contributed by atoms with van der Waals surface area (Å²) in [7, 11) is -3.65. The highest BCUT2D eigenvalue weighted by Crippen LogP contribution is 2.21. The minimum atomic E-state index is -3.65. The van der Waals surface area contributed by atoms with Crippen LogP contribution in [0.5, 0.6) is 0 Å². The van der Waals surface area contributed by atoms with E-state index in [1.807, 2.05) is 4.90 Å². The number of carbonyl (C=O) groups is 2. The molecular formula is C22H28N6O5S. The van der Waals surface area contributed by atoms with E-state index < -0.39 is 16.1 Å². The zero-order valence-electron chi connectivity index (χ0n) is 19.0. The van der Waals surface area contributed by atoms with E-state index >= 15 is 0 Å². The molecule has 4 rings (SSSR count). The van der Waals surface area contributed by atoms with Gasteiger partial charge < -0.3 is 15.0 Å². The number of carbonyl (C=O) groups excluding carboxylic acids is 2. The van der Waals surface area contributed by atoms with Crippen LogP contribution in [0.1, 0.15) is 17.4 Å². The molecule has 1 aromatic heterocycles. The fourth-order valence-electron chi connectivity index (χ4n) is 3.97. The summed E-state index contributed by atoms with van der Waals surface area (Å²) >= 11 is 0. The minimum absolute atomic E-state index is 0.135. The van der Waals surface area contributed by atoms with Crippen LogP contribution in [0, 0.1) is 0 Å². The van der Waals surface area contributed by atoms with Gasteiger partial charge in [0.25, 0.3) is 5.91 Å². The molecule has 1 atom stereocenters. The Hall–Kier alpha value is -2.93. The molecule has 2 aliphatic rings. The summed E-state index contributed by atoms with van der Waals surface area (Å²) in [5.41, 5.74) is 0.719. The molecule has 1 aromatic carbocycles. The predicted molar refractivity (Wildman–Crippen MR) is 124 cm³/mol. The highest BCUT2D eigenvalue weighted by Gasteiger charge is 2.29. The number of amides is 2. The molecule has 3 heterocycles. The maximum Gasteiger partial charge on any atom is 0.274 e. The second-order valence-electron chi connectivity index (χ2n) is 8.13. The van der Waals surface area contributed by atoms with Crippen molar-refractivity contribution in [3.8, 4) is 0 Å². The second-order valence-corrected chi connectivity index (χ2v) is 10.1. The number of piperazine rings is 1. The molecule has 0 saturated carbocycles. The molecule has 1 unspecified atom stereocenters. The van der Waals surface area contributed by atoms with E-state index in [4.69, 9.17) is 4.74 Å². The summed E-state index contributed by atoms with van der Waals surface area (Å²) in [5, 5.41) is 2.83. The summed E-state index contributed by atoms with van der Waals surface area (Å²) in [6, 6.07) is 5.84. The van der Waals surface area contributed by atoms with E-state index in [0.717, 1.165) is 0 Å². The Bertz CT molecular complexity index is 1120. The average Bonchev–Trinajstić information content (AvgIpc) is 2.89. The number of hydrogen-bond acceptors (Lipinski definition) is 8. The molecule has 0 radical (unpaired) electrons. The van der Waals surface area contributed by atoms with Gasteiger partial charge in [-0.2, -0.15) is 4.31 Å². The van der Waals surface area contributed by atoms with Gasteiger partial charge in [-0.05, 0) is 25.1 Å². The normalized spacial score (nSPS) is 18.9. The van der Waals surface area contributed by atoms with Gasteiger partial charge in [-0.1, -0.05) is 6.07 Å². The van der Waals surface area contributed by atoms with Crippen molar-refractivity contribution in [2.24, 2.45) is 0 Å². The number of hydrogen-bond donors (Lipinski definition) is 1. The molecule has 34 heavy (non-hydrogen) atoms. The number of benzene rings is 1. The Kier molecular flexibility index (Phi) is 7.51. The predicted octanol–water partition coefficient (Wildman–Crippen LogP) is 0.283. The van der Waals surface area contributed by atoms with Gasteiger partial charge in [-0.3, -0.25) is 19.5 Å². The molecule has 0 bridgehead atoms. The summed E-state index contributed by atoms with van der Waals surface area (Å²) in [5.74, 6) is -0.419. The third kappa shape index (κ3) is 5.41. The van der Waals surface area contributed by atoms with Crippen LogP contribution in [-0.2, 0) is 19.6 Å². The van der Waals surface area contributed by atoms with Crippen LogP contribution in [0.15, 0.2) is 47.8 Å². The van der Waals surface area contributed by atoms with Crippen molar-refractivity contribution < 1.29 is 22.7 Å². The molecule has 2 aliphatic heterocycles. The first-order valence-electron chi connectivity index (χ1n) is 11.1. The number of ether oxygens (including phenoxy) is 1. The second kappa shape index (κ2) is 10.6. The van der Waals surface area contributed by atoms with E-state index in [1.165, 1.54) is 35.0 Å². The minimum Gasteiger partial charge on any atom is -0.379 e. The summed E-state index contributed by atoms with van der Waals surface area (Å²) < 4.78 is 32.4. The maximum absolute atomic E-state index is 12.9. The largest absolute Gasteiger partial charge is 0.379 e. The average molecular weight is 489 g/mol. The first-order chi connectivity index (χ1) is 16.4. The van der Waals surface area contributed by atoms with E-state index in [-0.39, 0.29) is 16.7 Å². The molecule has 182 valence electrons. The fourth-order valence-corrected chi connectivity index (χ4v) is 5.42. The summed E-state index contributed by atoms with van der Waals surface area (Å²) in [4.78, 5) is 37.2. The van der Waals surface area contributed by atoms with Crippen molar-refractivity contribution in [2.75, 3.05) is 57.8 Å². The molecule has 2 aromatic rings. The zero-order chi connectivity index (χ0) is 24.1. The van der Waals surface area contributed by atoms with Crippen LogP contribution in [0.2, 0.25) is 0 Å². The Morgan fingerprint density at radius 3 is 2.47 bits per heavy atom. The van der Waals surface area contributed by atoms with Crippen LogP contribution in [-0.4, -0.2) is 103 Å². The quantitative estimate of drug-likeness (QED) is 0.615. The van der Waals surface area contributed by atoms with E-state index in [0.29, 0.717) is 63.9 Å². The molecule has 2 saturated heterocycles. The molecular weight excluding hydrogens is 460 g/mol. The molecule has 2 amide bonds. The van der Waals surface area contributed by atoms with Gasteiger partial charge in [0.05, 0.1) is 30.3 Å². The van der Waals surface area contributed by atoms with Crippen LogP contribution in [0.25, 0.3) is 0 Å². The van der Waals surface area contributed by atoms with Crippen molar-refractivity contribution in [3.05, 3.63) is 48.5 Å². The molecule has 0 spiro atoms. The van der Waals surface area contributed by atoms with Gasteiger partial charge in [0.15, 0.2) is 0 Å². The highest BCUT2D eigenvalue weighted by molar-refractivity contribution is 7.89. The maximum atomic E-state index is 12.9. The smallest absolute Gasteiger partial charge is 0.274 e. The van der Waals surface area contributed by atoms with Gasteiger partial charge in [0.1, 0.15) is 5.69 Å². The van der Waals surface area contributed by atoms with Crippen molar-refractivity contribution in [2.45, 2.75) is 17.9 Å².